The molecule has 7 aromatic rings. The molecule has 0 amide bonds. The van der Waals surface area contributed by atoms with E-state index in [4.69, 9.17) is 0 Å². The second-order valence-corrected chi connectivity index (χ2v) is 17.6. The molecule has 0 heterocycles. The third-order valence-electron chi connectivity index (χ3n) is 12.0. The average Bonchev–Trinajstić information content (AvgIpc) is 3.34. The molecular formula is C61H61NS. The Morgan fingerprint density at radius 3 is 1.70 bits per heavy atom. The highest BCUT2D eigenvalue weighted by molar-refractivity contribution is 7.99. The van der Waals surface area contributed by atoms with Crippen LogP contribution in [0.3, 0.4) is 0 Å². The zero-order valence-electron chi connectivity index (χ0n) is 37.7. The molecule has 0 unspecified atom stereocenters. The van der Waals surface area contributed by atoms with Crippen molar-refractivity contribution in [1.29, 1.82) is 0 Å². The Morgan fingerprint density at radius 1 is 0.460 bits per heavy atom. The monoisotopic (exact) mass is 839 g/mol. The SMILES string of the molecule is CC1=CC=CCC1.CNC1=C(c2ccccc2)C=CCC1.Cc1ccc(-c2ccc(Sc3ccc(-c4cccc5ccccc45)cc3)cc2)c2c1C=CCC2.Cc1ccccc1C. The number of hydrogen-bond acceptors (Lipinski definition) is 2. The lowest BCUT2D eigenvalue weighted by Gasteiger charge is -2.18. The largest absolute Gasteiger partial charge is 0.391 e. The van der Waals surface area contributed by atoms with Crippen LogP contribution >= 0.6 is 11.8 Å². The maximum Gasteiger partial charge on any atom is 0.0187 e. The molecule has 1 nitrogen and oxygen atoms in total. The molecule has 0 aliphatic heterocycles. The maximum absolute atomic E-state index is 3.28. The van der Waals surface area contributed by atoms with Gasteiger partial charge in [0.1, 0.15) is 0 Å². The van der Waals surface area contributed by atoms with Crippen LogP contribution in [0.25, 0.3) is 44.7 Å². The minimum Gasteiger partial charge on any atom is -0.391 e. The minimum atomic E-state index is 1.12. The second kappa shape index (κ2) is 22.7. The summed E-state index contributed by atoms with van der Waals surface area (Å²) in [6.45, 7) is 8.62. The van der Waals surface area contributed by atoms with E-state index in [2.05, 4.69) is 233 Å². The molecule has 1 N–H and O–H groups in total. The van der Waals surface area contributed by atoms with E-state index < -0.39 is 0 Å². The van der Waals surface area contributed by atoms with E-state index in [1.807, 2.05) is 18.8 Å². The summed E-state index contributed by atoms with van der Waals surface area (Å²) >= 11 is 1.82. The van der Waals surface area contributed by atoms with Gasteiger partial charge in [-0.15, -0.1) is 0 Å². The van der Waals surface area contributed by atoms with Crippen LogP contribution in [0.5, 0.6) is 0 Å². The standard InChI is InChI=1S/C33H26S.C13H15N.C8H10.C7H10/c1-23-13-22-32(33-11-5-4-9-29(23)33)26-16-20-28(21-17-26)34-27-18-14-25(15-19-27)31-12-6-8-24-7-2-3-10-30(24)31;1-14-13-10-6-5-9-12(13)11-7-3-2-4-8-11;1-7-5-3-4-6-8(7)2;1-7-5-3-2-4-6-7/h2-4,6-10,12-22H,5,11H2,1H3;2-5,7-9,14H,6,10H2,1H3;3-6H,1-2H3;2-3,5H,4,6H2,1H3. The second-order valence-electron chi connectivity index (χ2n) is 16.5. The third kappa shape index (κ3) is 12.2. The molecule has 0 atom stereocenters. The van der Waals surface area contributed by atoms with Gasteiger partial charge in [-0.25, -0.2) is 0 Å². The summed E-state index contributed by atoms with van der Waals surface area (Å²) in [6.07, 6.45) is 22.6. The summed E-state index contributed by atoms with van der Waals surface area (Å²) < 4.78 is 0. The maximum atomic E-state index is 3.28. The fraction of sp³-hybridized carbons (Fsp3) is 0.180. The van der Waals surface area contributed by atoms with Crippen molar-refractivity contribution in [2.24, 2.45) is 0 Å². The van der Waals surface area contributed by atoms with Crippen molar-refractivity contribution in [3.05, 3.63) is 239 Å². The number of nitrogens with one attached hydrogen (secondary N) is 1. The molecular weight excluding hydrogens is 779 g/mol. The van der Waals surface area contributed by atoms with Gasteiger partial charge in [-0.2, -0.15) is 0 Å². The Kier molecular flexibility index (Phi) is 16.1. The molecule has 0 bridgehead atoms. The van der Waals surface area contributed by atoms with E-state index in [0.717, 1.165) is 25.7 Å². The molecule has 316 valence electrons. The lowest BCUT2D eigenvalue weighted by atomic mass is 9.87. The first-order chi connectivity index (χ1) is 30.9. The van der Waals surface area contributed by atoms with Gasteiger partial charge in [-0.3, -0.25) is 0 Å². The highest BCUT2D eigenvalue weighted by atomic mass is 32.2. The normalized spacial score (nSPS) is 13.6. The van der Waals surface area contributed by atoms with Crippen LogP contribution < -0.4 is 5.32 Å². The summed E-state index contributed by atoms with van der Waals surface area (Å²) in [5, 5.41) is 5.86. The first-order valence-corrected chi connectivity index (χ1v) is 23.3. The molecule has 3 aliphatic rings. The molecule has 63 heavy (non-hydrogen) atoms. The summed E-state index contributed by atoms with van der Waals surface area (Å²) in [5.41, 5.74) is 17.7. The quantitative estimate of drug-likeness (QED) is 0.179. The molecule has 0 aromatic heterocycles. The van der Waals surface area contributed by atoms with Gasteiger partial charge in [0.05, 0.1) is 0 Å². The number of rotatable bonds is 6. The number of benzene rings is 7. The lowest BCUT2D eigenvalue weighted by Crippen LogP contribution is -2.10. The highest BCUT2D eigenvalue weighted by Gasteiger charge is 2.14. The zero-order valence-corrected chi connectivity index (χ0v) is 38.5. The average molecular weight is 840 g/mol. The van der Waals surface area contributed by atoms with Gasteiger partial charge in [0.2, 0.25) is 0 Å². The van der Waals surface area contributed by atoms with Crippen molar-refractivity contribution in [3.8, 4) is 22.3 Å². The fourth-order valence-corrected chi connectivity index (χ4v) is 9.01. The minimum absolute atomic E-state index is 1.12. The van der Waals surface area contributed by atoms with Crippen molar-refractivity contribution in [2.45, 2.75) is 76.0 Å². The van der Waals surface area contributed by atoms with Crippen molar-refractivity contribution in [1.82, 2.24) is 5.32 Å². The number of fused-ring (bicyclic) bond motifs is 2. The molecule has 0 saturated carbocycles. The number of aryl methyl sites for hydroxylation is 3. The van der Waals surface area contributed by atoms with Crippen LogP contribution in [0.1, 0.15) is 72.4 Å². The highest BCUT2D eigenvalue weighted by Crippen LogP contribution is 2.36. The summed E-state index contributed by atoms with van der Waals surface area (Å²) in [7, 11) is 2.00. The van der Waals surface area contributed by atoms with Crippen molar-refractivity contribution in [2.75, 3.05) is 7.05 Å². The molecule has 2 heteroatoms. The number of allylic oxidation sites excluding steroid dienone is 9. The van der Waals surface area contributed by atoms with E-state index >= 15 is 0 Å². The Labute approximate surface area is 381 Å². The van der Waals surface area contributed by atoms with Gasteiger partial charge in [-0.05, 0) is 157 Å². The molecule has 3 aliphatic carbocycles. The topological polar surface area (TPSA) is 12.0 Å². The van der Waals surface area contributed by atoms with Crippen molar-refractivity contribution >= 4 is 34.2 Å². The summed E-state index contributed by atoms with van der Waals surface area (Å²) in [5.74, 6) is 0. The summed E-state index contributed by atoms with van der Waals surface area (Å²) in [4.78, 5) is 2.53. The Balaban J connectivity index is 0.000000166. The van der Waals surface area contributed by atoms with Crippen LogP contribution in [-0.2, 0) is 6.42 Å². The van der Waals surface area contributed by atoms with Gasteiger partial charge < -0.3 is 5.32 Å². The van der Waals surface area contributed by atoms with Crippen LogP contribution in [0, 0.1) is 20.8 Å². The number of hydrogen-bond donors (Lipinski definition) is 1. The predicted octanol–water partition coefficient (Wildman–Crippen LogP) is 17.1. The first kappa shape index (κ1) is 44.7. The van der Waals surface area contributed by atoms with E-state index in [-0.39, 0.29) is 0 Å². The van der Waals surface area contributed by atoms with Crippen molar-refractivity contribution < 1.29 is 0 Å². The molecule has 0 fully saturated rings. The van der Waals surface area contributed by atoms with Crippen LogP contribution in [-0.4, -0.2) is 7.05 Å². The van der Waals surface area contributed by atoms with Crippen LogP contribution in [0.4, 0.5) is 0 Å². The molecule has 10 rings (SSSR count). The van der Waals surface area contributed by atoms with Crippen LogP contribution in [0.15, 0.2) is 215 Å². The van der Waals surface area contributed by atoms with E-state index in [9.17, 15) is 0 Å². The van der Waals surface area contributed by atoms with Gasteiger partial charge in [-0.1, -0.05) is 193 Å². The fourth-order valence-electron chi connectivity index (χ4n) is 8.20. The van der Waals surface area contributed by atoms with Crippen molar-refractivity contribution in [3.63, 3.8) is 0 Å². The van der Waals surface area contributed by atoms with Gasteiger partial charge >= 0.3 is 0 Å². The lowest BCUT2D eigenvalue weighted by molar-refractivity contribution is 0.847. The Hall–Kier alpha value is -6.35. The third-order valence-corrected chi connectivity index (χ3v) is 13.0. The molecule has 0 spiro atoms. The predicted molar refractivity (Wildman–Crippen MR) is 276 cm³/mol. The summed E-state index contributed by atoms with van der Waals surface area (Å²) in [6, 6.07) is 56.6. The van der Waals surface area contributed by atoms with Crippen LogP contribution in [0.2, 0.25) is 0 Å². The first-order valence-electron chi connectivity index (χ1n) is 22.5. The zero-order chi connectivity index (χ0) is 43.8. The Morgan fingerprint density at radius 2 is 1.06 bits per heavy atom. The van der Waals surface area contributed by atoms with Gasteiger partial charge in [0, 0.05) is 28.1 Å². The smallest absolute Gasteiger partial charge is 0.0187 e. The molecule has 0 radical (unpaired) electrons. The van der Waals surface area contributed by atoms with E-state index in [1.165, 1.54) is 106 Å². The molecule has 0 saturated heterocycles. The van der Waals surface area contributed by atoms with Gasteiger partial charge in [0.25, 0.3) is 0 Å². The molecule has 7 aromatic carbocycles. The van der Waals surface area contributed by atoms with E-state index in [0.29, 0.717) is 0 Å². The van der Waals surface area contributed by atoms with Gasteiger partial charge in [0.15, 0.2) is 0 Å². The van der Waals surface area contributed by atoms with E-state index in [1.54, 1.807) is 0 Å². The Bertz CT molecular complexity index is 2720.